The van der Waals surface area contributed by atoms with Gasteiger partial charge in [0.2, 0.25) is 10.0 Å². The number of rotatable bonds is 4. The lowest BCUT2D eigenvalue weighted by atomic mass is 10.0. The molecule has 1 aromatic heterocycles. The lowest BCUT2D eigenvalue weighted by Gasteiger charge is -2.29. The van der Waals surface area contributed by atoms with E-state index in [9.17, 15) is 12.8 Å². The molecular formula is C16H20ClFN4O2S. The van der Waals surface area contributed by atoms with Crippen molar-refractivity contribution in [2.45, 2.75) is 48.7 Å². The smallest absolute Gasteiger partial charge is 0.243 e. The van der Waals surface area contributed by atoms with Gasteiger partial charge < -0.3 is 5.32 Å². The molecule has 0 saturated carbocycles. The van der Waals surface area contributed by atoms with Crippen molar-refractivity contribution in [1.82, 2.24) is 19.8 Å². The summed E-state index contributed by atoms with van der Waals surface area (Å²) in [5.41, 5.74) is 0.221. The van der Waals surface area contributed by atoms with Crippen LogP contribution in [0.4, 0.5) is 4.39 Å². The number of para-hydroxylation sites is 1. The molecule has 2 aliphatic rings. The van der Waals surface area contributed by atoms with Gasteiger partial charge in [0.1, 0.15) is 16.4 Å². The number of fused-ring (bicyclic) bond motifs is 2. The van der Waals surface area contributed by atoms with Crippen molar-refractivity contribution in [1.29, 1.82) is 0 Å². The zero-order chi connectivity index (χ0) is 16.7. The van der Waals surface area contributed by atoms with Gasteiger partial charge >= 0.3 is 0 Å². The zero-order valence-electron chi connectivity index (χ0n) is 13.4. The second-order valence-corrected chi connectivity index (χ2v) is 8.21. The van der Waals surface area contributed by atoms with Gasteiger partial charge in [0, 0.05) is 18.1 Å². The van der Waals surface area contributed by atoms with Gasteiger partial charge in [-0.25, -0.2) is 22.2 Å². The number of hydrogen-bond acceptors (Lipinski definition) is 4. The molecule has 2 N–H and O–H groups in total. The molecule has 0 spiro atoms. The van der Waals surface area contributed by atoms with Crippen molar-refractivity contribution in [3.05, 3.63) is 42.5 Å². The van der Waals surface area contributed by atoms with E-state index in [1.165, 1.54) is 23.1 Å². The molecule has 136 valence electrons. The van der Waals surface area contributed by atoms with E-state index in [4.69, 9.17) is 0 Å². The highest BCUT2D eigenvalue weighted by Gasteiger charge is 2.35. The summed E-state index contributed by atoms with van der Waals surface area (Å²) in [6.45, 7) is 0. The minimum absolute atomic E-state index is 0. The standard InChI is InChI=1S/C16H19FN4O2S.ClH/c17-15-3-1-2-4-16(15)21-10-14(9-18-21)24(22,23)20-13-7-11-5-6-12(8-13)19-11;/h1-4,9-13,19-20H,5-8H2;1H. The number of benzene rings is 1. The Morgan fingerprint density at radius 3 is 2.56 bits per heavy atom. The van der Waals surface area contributed by atoms with Gasteiger partial charge in [-0.15, -0.1) is 12.4 Å². The van der Waals surface area contributed by atoms with Gasteiger partial charge in [-0.1, -0.05) is 12.1 Å². The fourth-order valence-electron chi connectivity index (χ4n) is 3.66. The average molecular weight is 387 g/mol. The average Bonchev–Trinajstić information content (AvgIpc) is 3.15. The molecule has 6 nitrogen and oxygen atoms in total. The summed E-state index contributed by atoms with van der Waals surface area (Å²) in [5.74, 6) is -0.451. The van der Waals surface area contributed by atoms with Crippen LogP contribution in [0.25, 0.3) is 5.69 Å². The fraction of sp³-hybridized carbons (Fsp3) is 0.438. The molecule has 2 unspecified atom stereocenters. The minimum Gasteiger partial charge on any atom is -0.311 e. The highest BCUT2D eigenvalue weighted by atomic mass is 35.5. The summed E-state index contributed by atoms with van der Waals surface area (Å²) < 4.78 is 43.0. The van der Waals surface area contributed by atoms with E-state index in [2.05, 4.69) is 15.1 Å². The molecule has 25 heavy (non-hydrogen) atoms. The van der Waals surface area contributed by atoms with Gasteiger partial charge in [0.15, 0.2) is 0 Å². The van der Waals surface area contributed by atoms with E-state index in [1.54, 1.807) is 18.2 Å². The Morgan fingerprint density at radius 2 is 1.88 bits per heavy atom. The number of halogens is 2. The molecule has 3 heterocycles. The lowest BCUT2D eigenvalue weighted by molar-refractivity contribution is 0.345. The molecule has 1 aromatic carbocycles. The molecule has 2 fully saturated rings. The van der Waals surface area contributed by atoms with Crippen LogP contribution < -0.4 is 10.0 Å². The van der Waals surface area contributed by atoms with Crippen LogP contribution in [0.2, 0.25) is 0 Å². The predicted octanol–water partition coefficient (Wildman–Crippen LogP) is 1.99. The zero-order valence-corrected chi connectivity index (χ0v) is 15.1. The molecular weight excluding hydrogens is 367 g/mol. The van der Waals surface area contributed by atoms with Gasteiger partial charge in [-0.2, -0.15) is 5.10 Å². The van der Waals surface area contributed by atoms with E-state index in [0.717, 1.165) is 25.7 Å². The van der Waals surface area contributed by atoms with Crippen molar-refractivity contribution in [2.24, 2.45) is 0 Å². The maximum absolute atomic E-state index is 13.8. The van der Waals surface area contributed by atoms with Gasteiger partial charge in [0.25, 0.3) is 0 Å². The first-order chi connectivity index (χ1) is 11.5. The number of piperidine rings is 1. The Kier molecular flexibility index (Phi) is 5.15. The predicted molar refractivity (Wildman–Crippen MR) is 94.1 cm³/mol. The van der Waals surface area contributed by atoms with Crippen molar-refractivity contribution in [3.63, 3.8) is 0 Å². The van der Waals surface area contributed by atoms with Crippen LogP contribution in [-0.4, -0.2) is 36.3 Å². The number of hydrogen-bond donors (Lipinski definition) is 2. The second kappa shape index (κ2) is 7.03. The first kappa shape index (κ1) is 18.3. The molecule has 2 aliphatic heterocycles. The summed E-state index contributed by atoms with van der Waals surface area (Å²) in [4.78, 5) is 0.0524. The normalized spacial score (nSPS) is 25.6. The molecule has 2 atom stereocenters. The molecule has 2 saturated heterocycles. The van der Waals surface area contributed by atoms with E-state index in [-0.39, 0.29) is 29.0 Å². The Bertz CT molecular complexity index is 845. The Morgan fingerprint density at radius 1 is 1.20 bits per heavy atom. The highest BCUT2D eigenvalue weighted by molar-refractivity contribution is 7.89. The summed E-state index contributed by atoms with van der Waals surface area (Å²) in [6.07, 6.45) is 6.41. The van der Waals surface area contributed by atoms with Crippen LogP contribution >= 0.6 is 12.4 Å². The number of aromatic nitrogens is 2. The van der Waals surface area contributed by atoms with Gasteiger partial charge in [0.05, 0.1) is 12.4 Å². The SMILES string of the molecule is Cl.O=S(=O)(NC1CC2CCC(C1)N2)c1cnn(-c2ccccc2F)c1. The Balaban J connectivity index is 0.00000182. The minimum atomic E-state index is -3.66. The van der Waals surface area contributed by atoms with Crippen molar-refractivity contribution < 1.29 is 12.8 Å². The summed E-state index contributed by atoms with van der Waals surface area (Å²) >= 11 is 0. The molecule has 0 radical (unpaired) electrons. The third-order valence-electron chi connectivity index (χ3n) is 4.76. The van der Waals surface area contributed by atoms with E-state index in [0.29, 0.717) is 12.1 Å². The van der Waals surface area contributed by atoms with Crippen molar-refractivity contribution in [2.75, 3.05) is 0 Å². The highest BCUT2D eigenvalue weighted by Crippen LogP contribution is 2.27. The van der Waals surface area contributed by atoms with E-state index in [1.807, 2.05) is 0 Å². The third-order valence-corrected chi connectivity index (χ3v) is 6.24. The van der Waals surface area contributed by atoms with Crippen LogP contribution in [0.5, 0.6) is 0 Å². The molecule has 9 heteroatoms. The lowest BCUT2D eigenvalue weighted by Crippen LogP contribution is -2.47. The quantitative estimate of drug-likeness (QED) is 0.842. The maximum Gasteiger partial charge on any atom is 0.243 e. The topological polar surface area (TPSA) is 76.0 Å². The molecule has 4 rings (SSSR count). The largest absolute Gasteiger partial charge is 0.311 e. The van der Waals surface area contributed by atoms with Crippen LogP contribution in [-0.2, 0) is 10.0 Å². The van der Waals surface area contributed by atoms with E-state index < -0.39 is 15.8 Å². The number of nitrogens with one attached hydrogen (secondary N) is 2. The summed E-state index contributed by atoms with van der Waals surface area (Å²) in [5, 5.41) is 7.48. The van der Waals surface area contributed by atoms with E-state index >= 15 is 0 Å². The molecule has 0 amide bonds. The third kappa shape index (κ3) is 3.72. The molecule has 0 aliphatic carbocycles. The summed E-state index contributed by atoms with van der Waals surface area (Å²) in [6, 6.07) is 6.86. The van der Waals surface area contributed by atoms with Crippen LogP contribution in [0.1, 0.15) is 25.7 Å². The maximum atomic E-state index is 13.8. The fourth-order valence-corrected chi connectivity index (χ4v) is 4.85. The Hall–Kier alpha value is -1.48. The second-order valence-electron chi connectivity index (χ2n) is 6.50. The van der Waals surface area contributed by atoms with Crippen molar-refractivity contribution in [3.8, 4) is 5.69 Å². The first-order valence-electron chi connectivity index (χ1n) is 8.09. The monoisotopic (exact) mass is 386 g/mol. The number of nitrogens with zero attached hydrogens (tertiary/aromatic N) is 2. The Labute approximate surface area is 152 Å². The first-order valence-corrected chi connectivity index (χ1v) is 9.57. The summed E-state index contributed by atoms with van der Waals surface area (Å²) in [7, 11) is -3.66. The molecule has 2 aromatic rings. The number of sulfonamides is 1. The van der Waals surface area contributed by atoms with Crippen LogP contribution in [0, 0.1) is 5.82 Å². The van der Waals surface area contributed by atoms with Crippen LogP contribution in [0.15, 0.2) is 41.6 Å². The van der Waals surface area contributed by atoms with Crippen LogP contribution in [0.3, 0.4) is 0 Å². The van der Waals surface area contributed by atoms with Crippen molar-refractivity contribution >= 4 is 22.4 Å². The molecule has 2 bridgehead atoms. The van der Waals surface area contributed by atoms with Gasteiger partial charge in [-0.05, 0) is 37.8 Å². The van der Waals surface area contributed by atoms with Gasteiger partial charge in [-0.3, -0.25) is 0 Å².